The van der Waals surface area contributed by atoms with Crippen molar-refractivity contribution in [3.8, 4) is 0 Å². The van der Waals surface area contributed by atoms with Gasteiger partial charge in [-0.1, -0.05) is 11.6 Å². The number of alkyl halides is 3. The van der Waals surface area contributed by atoms with Gasteiger partial charge in [-0.2, -0.15) is 13.2 Å². The molecule has 0 atom stereocenters. The molecule has 15 heavy (non-hydrogen) atoms. The molecule has 0 aromatic carbocycles. The van der Waals surface area contributed by atoms with Gasteiger partial charge in [0.05, 0.1) is 5.56 Å². The molecule has 0 unspecified atom stereocenters. The molecule has 2 heterocycles. The van der Waals surface area contributed by atoms with Gasteiger partial charge in [0, 0.05) is 17.8 Å². The zero-order valence-corrected chi connectivity index (χ0v) is 7.97. The van der Waals surface area contributed by atoms with Crippen LogP contribution in [0, 0.1) is 0 Å². The average Bonchev–Trinajstić information content (AvgIpc) is 2.16. The van der Waals surface area contributed by atoms with Gasteiger partial charge < -0.3 is 0 Å². The molecule has 0 spiro atoms. The van der Waals surface area contributed by atoms with Crippen molar-refractivity contribution in [2.75, 3.05) is 0 Å². The average molecular weight is 233 g/mol. The second kappa shape index (κ2) is 3.34. The van der Waals surface area contributed by atoms with E-state index in [1.165, 1.54) is 12.3 Å². The van der Waals surface area contributed by atoms with E-state index in [9.17, 15) is 13.2 Å². The molecule has 2 nitrogen and oxygen atoms in total. The SMILES string of the molecule is FC(F)(F)c1cnc2c(Cl)nccc2c1. The summed E-state index contributed by atoms with van der Waals surface area (Å²) in [5.41, 5.74) is -0.524. The molecule has 2 aromatic heterocycles. The quantitative estimate of drug-likeness (QED) is 0.652. The van der Waals surface area contributed by atoms with Gasteiger partial charge in [0.2, 0.25) is 0 Å². The summed E-state index contributed by atoms with van der Waals surface area (Å²) < 4.78 is 37.0. The van der Waals surface area contributed by atoms with Crippen LogP contribution in [0.2, 0.25) is 5.15 Å². The molecule has 0 amide bonds. The van der Waals surface area contributed by atoms with Crippen molar-refractivity contribution in [2.24, 2.45) is 0 Å². The van der Waals surface area contributed by atoms with E-state index in [1.807, 2.05) is 0 Å². The lowest BCUT2D eigenvalue weighted by Gasteiger charge is -2.06. The number of pyridine rings is 2. The minimum Gasteiger partial charge on any atom is -0.252 e. The van der Waals surface area contributed by atoms with E-state index in [1.54, 1.807) is 0 Å². The van der Waals surface area contributed by atoms with Gasteiger partial charge in [-0.3, -0.25) is 4.98 Å². The van der Waals surface area contributed by atoms with E-state index in [-0.39, 0.29) is 10.7 Å². The van der Waals surface area contributed by atoms with Crippen LogP contribution in [0.4, 0.5) is 13.2 Å². The molecule has 0 saturated heterocycles. The van der Waals surface area contributed by atoms with Crippen LogP contribution in [-0.4, -0.2) is 9.97 Å². The van der Waals surface area contributed by atoms with E-state index in [0.29, 0.717) is 5.39 Å². The Labute approximate surface area is 87.7 Å². The Kier molecular flexibility index (Phi) is 2.26. The number of hydrogen-bond donors (Lipinski definition) is 0. The van der Waals surface area contributed by atoms with Gasteiger partial charge >= 0.3 is 6.18 Å². The molecule has 0 bridgehead atoms. The zero-order chi connectivity index (χ0) is 11.1. The van der Waals surface area contributed by atoms with Crippen LogP contribution in [-0.2, 0) is 6.18 Å². The van der Waals surface area contributed by atoms with Crippen molar-refractivity contribution in [2.45, 2.75) is 6.18 Å². The standard InChI is InChI=1S/C9H4ClF3N2/c10-8-7-5(1-2-14-8)3-6(4-15-7)9(11,12)13/h1-4H. The summed E-state index contributed by atoms with van der Waals surface area (Å²) >= 11 is 5.67. The van der Waals surface area contributed by atoms with E-state index < -0.39 is 11.7 Å². The van der Waals surface area contributed by atoms with Crippen LogP contribution >= 0.6 is 11.6 Å². The van der Waals surface area contributed by atoms with E-state index >= 15 is 0 Å². The fraction of sp³-hybridized carbons (Fsp3) is 0.111. The molecule has 6 heteroatoms. The predicted octanol–water partition coefficient (Wildman–Crippen LogP) is 3.30. The van der Waals surface area contributed by atoms with Gasteiger partial charge in [-0.05, 0) is 12.1 Å². The van der Waals surface area contributed by atoms with Gasteiger partial charge in [0.15, 0.2) is 5.15 Å². The minimum atomic E-state index is -4.39. The minimum absolute atomic E-state index is 0.0984. The molecule has 0 aliphatic carbocycles. The Bertz CT molecular complexity index is 510. The molecule has 0 aliphatic heterocycles. The maximum absolute atomic E-state index is 12.3. The van der Waals surface area contributed by atoms with E-state index in [4.69, 9.17) is 11.6 Å². The summed E-state index contributed by atoms with van der Waals surface area (Å²) in [4.78, 5) is 7.35. The Morgan fingerprint density at radius 2 is 1.93 bits per heavy atom. The molecule has 0 N–H and O–H groups in total. The van der Waals surface area contributed by atoms with Crippen LogP contribution in [0.25, 0.3) is 10.9 Å². The third-order valence-electron chi connectivity index (χ3n) is 1.88. The van der Waals surface area contributed by atoms with Crippen molar-refractivity contribution < 1.29 is 13.2 Å². The Balaban J connectivity index is 2.68. The monoisotopic (exact) mass is 232 g/mol. The summed E-state index contributed by atoms with van der Waals surface area (Å²) in [7, 11) is 0. The highest BCUT2D eigenvalue weighted by Crippen LogP contribution is 2.31. The largest absolute Gasteiger partial charge is 0.417 e. The molecule has 0 saturated carbocycles. The molecule has 0 radical (unpaired) electrons. The Hall–Kier alpha value is -1.36. The smallest absolute Gasteiger partial charge is 0.252 e. The highest BCUT2D eigenvalue weighted by atomic mass is 35.5. The molecule has 2 rings (SSSR count). The number of halogens is 4. The third kappa shape index (κ3) is 1.87. The molecule has 0 aliphatic rings. The van der Waals surface area contributed by atoms with Crippen molar-refractivity contribution in [1.29, 1.82) is 0 Å². The predicted molar refractivity (Wildman–Crippen MR) is 49.6 cm³/mol. The second-order valence-electron chi connectivity index (χ2n) is 2.90. The van der Waals surface area contributed by atoms with Crippen molar-refractivity contribution >= 4 is 22.5 Å². The van der Waals surface area contributed by atoms with Crippen LogP contribution < -0.4 is 0 Å². The summed E-state index contributed by atoms with van der Waals surface area (Å²) in [6, 6.07) is 2.43. The Morgan fingerprint density at radius 3 is 2.60 bits per heavy atom. The first-order valence-corrected chi connectivity index (χ1v) is 4.34. The number of hydrogen-bond acceptors (Lipinski definition) is 2. The summed E-state index contributed by atoms with van der Waals surface area (Å²) in [6.45, 7) is 0. The van der Waals surface area contributed by atoms with Crippen molar-refractivity contribution in [3.05, 3.63) is 35.2 Å². The lowest BCUT2D eigenvalue weighted by molar-refractivity contribution is -0.137. The first-order chi connectivity index (χ1) is 6.98. The van der Waals surface area contributed by atoms with Crippen LogP contribution in [0.15, 0.2) is 24.5 Å². The Morgan fingerprint density at radius 1 is 1.20 bits per heavy atom. The first kappa shape index (κ1) is 10.2. The molecule has 2 aromatic rings. The fourth-order valence-corrected chi connectivity index (χ4v) is 1.39. The van der Waals surface area contributed by atoms with E-state index in [2.05, 4.69) is 9.97 Å². The third-order valence-corrected chi connectivity index (χ3v) is 2.16. The molecule has 0 fully saturated rings. The van der Waals surface area contributed by atoms with Crippen LogP contribution in [0.1, 0.15) is 5.56 Å². The molecular weight excluding hydrogens is 229 g/mol. The lowest BCUT2D eigenvalue weighted by atomic mass is 10.2. The van der Waals surface area contributed by atoms with Crippen LogP contribution in [0.3, 0.4) is 0 Å². The normalized spacial score (nSPS) is 12.0. The van der Waals surface area contributed by atoms with Gasteiger partial charge in [0.25, 0.3) is 0 Å². The molecular formula is C9H4ClF3N2. The van der Waals surface area contributed by atoms with Crippen LogP contribution in [0.5, 0.6) is 0 Å². The maximum atomic E-state index is 12.3. The van der Waals surface area contributed by atoms with Gasteiger partial charge in [-0.15, -0.1) is 0 Å². The first-order valence-electron chi connectivity index (χ1n) is 3.96. The molecule has 78 valence electrons. The highest BCUT2D eigenvalue weighted by Gasteiger charge is 2.31. The topological polar surface area (TPSA) is 25.8 Å². The summed E-state index contributed by atoms with van der Waals surface area (Å²) in [6.07, 6.45) is -2.31. The number of fused-ring (bicyclic) bond motifs is 1. The van der Waals surface area contributed by atoms with Gasteiger partial charge in [0.1, 0.15) is 5.52 Å². The highest BCUT2D eigenvalue weighted by molar-refractivity contribution is 6.33. The summed E-state index contributed by atoms with van der Waals surface area (Å²) in [5, 5.41) is 0.422. The summed E-state index contributed by atoms with van der Waals surface area (Å²) in [5.74, 6) is 0. The second-order valence-corrected chi connectivity index (χ2v) is 3.25. The lowest BCUT2D eigenvalue weighted by Crippen LogP contribution is -2.05. The number of nitrogens with zero attached hydrogens (tertiary/aromatic N) is 2. The van der Waals surface area contributed by atoms with Crippen molar-refractivity contribution in [3.63, 3.8) is 0 Å². The maximum Gasteiger partial charge on any atom is 0.417 e. The van der Waals surface area contributed by atoms with E-state index in [0.717, 1.165) is 12.3 Å². The van der Waals surface area contributed by atoms with Crippen molar-refractivity contribution in [1.82, 2.24) is 9.97 Å². The number of aromatic nitrogens is 2. The zero-order valence-electron chi connectivity index (χ0n) is 7.22. The fourth-order valence-electron chi connectivity index (χ4n) is 1.18. The van der Waals surface area contributed by atoms with Gasteiger partial charge in [-0.25, -0.2) is 4.98 Å². The number of rotatable bonds is 0.